The van der Waals surface area contributed by atoms with Crippen LogP contribution in [0.1, 0.15) is 70.7 Å². The Hall–Kier alpha value is -3.49. The predicted molar refractivity (Wildman–Crippen MR) is 163 cm³/mol. The highest BCUT2D eigenvalue weighted by Gasteiger charge is 2.31. The number of carboxylic acids is 1. The molecule has 0 bridgehead atoms. The zero-order valence-corrected chi connectivity index (χ0v) is 26.9. The van der Waals surface area contributed by atoms with Gasteiger partial charge in [0.25, 0.3) is 5.91 Å². The van der Waals surface area contributed by atoms with E-state index in [1.165, 1.54) is 19.2 Å². The highest BCUT2D eigenvalue weighted by molar-refractivity contribution is 8.93. The van der Waals surface area contributed by atoms with E-state index in [1.54, 1.807) is 24.0 Å². The zero-order chi connectivity index (χ0) is 30.9. The maximum Gasteiger partial charge on any atom is 0.318 e. The first kappa shape index (κ1) is 34.7. The number of aromatic hydroxyl groups is 1. The number of rotatable bonds is 11. The number of carbonyl (C=O) groups is 3. The fraction of sp³-hybridized carbons (Fsp3) is 0.429. The van der Waals surface area contributed by atoms with Crippen molar-refractivity contribution in [1.82, 2.24) is 14.5 Å². The number of Topliss-reactive ketones (excluding diaryl/α,β-unsaturated/α-hetero) is 1. The van der Waals surface area contributed by atoms with E-state index < -0.39 is 40.3 Å². The van der Waals surface area contributed by atoms with Gasteiger partial charge < -0.3 is 25.2 Å². The molecular formula is C28H37BrN4O8S. The number of carbonyl (C=O) groups excluding carboxylic acids is 2. The maximum atomic E-state index is 13.6. The number of phenolic OH excluding ortho intramolecular Hbond substituents is 1. The molecule has 230 valence electrons. The molecule has 0 saturated carbocycles. The van der Waals surface area contributed by atoms with Gasteiger partial charge in [-0.15, -0.1) is 17.0 Å². The van der Waals surface area contributed by atoms with Crippen LogP contribution in [0.15, 0.2) is 24.3 Å². The lowest BCUT2D eigenvalue weighted by Crippen LogP contribution is -2.34. The molecule has 0 aromatic heterocycles. The molecule has 3 rings (SSSR count). The number of nitrogens with zero attached hydrogens (tertiary/aromatic N) is 2. The van der Waals surface area contributed by atoms with Crippen molar-refractivity contribution in [2.75, 3.05) is 33.0 Å². The zero-order valence-electron chi connectivity index (χ0n) is 24.4. The molecule has 0 saturated heterocycles. The Morgan fingerprint density at radius 1 is 1.17 bits per heavy atom. The van der Waals surface area contributed by atoms with Crippen molar-refractivity contribution in [1.29, 1.82) is 5.41 Å². The molecule has 1 heterocycles. The van der Waals surface area contributed by atoms with Crippen LogP contribution in [0.25, 0.3) is 0 Å². The largest absolute Gasteiger partial charge is 0.507 e. The topological polar surface area (TPSA) is 177 Å². The number of amides is 1. The minimum Gasteiger partial charge on any atom is -0.507 e. The van der Waals surface area contributed by atoms with Gasteiger partial charge in [-0.1, -0.05) is 20.8 Å². The van der Waals surface area contributed by atoms with Gasteiger partial charge in [-0.25, -0.2) is 8.42 Å². The van der Waals surface area contributed by atoms with E-state index in [4.69, 9.17) is 10.1 Å². The third-order valence-corrected chi connectivity index (χ3v) is 7.89. The van der Waals surface area contributed by atoms with Crippen LogP contribution in [0.5, 0.6) is 11.5 Å². The summed E-state index contributed by atoms with van der Waals surface area (Å²) in [5.74, 6) is -1.91. The number of aliphatic carboxylic acids is 1. The van der Waals surface area contributed by atoms with Crippen LogP contribution in [0.3, 0.4) is 0 Å². The number of halogens is 1. The first-order chi connectivity index (χ1) is 19.0. The molecule has 14 heteroatoms. The van der Waals surface area contributed by atoms with Gasteiger partial charge >= 0.3 is 5.97 Å². The summed E-state index contributed by atoms with van der Waals surface area (Å²) >= 11 is 0. The van der Waals surface area contributed by atoms with Crippen LogP contribution >= 0.6 is 17.0 Å². The van der Waals surface area contributed by atoms with Crippen molar-refractivity contribution in [3.05, 3.63) is 57.6 Å². The van der Waals surface area contributed by atoms with Crippen LogP contribution < -0.4 is 10.1 Å². The fourth-order valence-electron chi connectivity index (χ4n) is 4.59. The fourth-order valence-corrected chi connectivity index (χ4v) is 5.31. The summed E-state index contributed by atoms with van der Waals surface area (Å²) in [4.78, 5) is 38.8. The highest BCUT2D eigenvalue weighted by Crippen LogP contribution is 2.36. The summed E-state index contributed by atoms with van der Waals surface area (Å²) in [6.07, 6.45) is 0.871. The number of carboxylic acid groups (broad SMARTS) is 1. The number of fused-ring (bicyclic) bond motifs is 1. The van der Waals surface area contributed by atoms with E-state index in [0.717, 1.165) is 11.8 Å². The Kier molecular flexibility index (Phi) is 10.9. The third kappa shape index (κ3) is 7.66. The number of hydrogen-bond acceptors (Lipinski definition) is 8. The lowest BCUT2D eigenvalue weighted by molar-refractivity contribution is -0.137. The molecule has 1 aliphatic rings. The second-order valence-corrected chi connectivity index (χ2v) is 12.8. The van der Waals surface area contributed by atoms with E-state index in [1.807, 2.05) is 20.8 Å². The summed E-state index contributed by atoms with van der Waals surface area (Å²) in [5, 5.41) is 31.5. The molecule has 0 spiro atoms. The first-order valence-electron chi connectivity index (χ1n) is 12.9. The smallest absolute Gasteiger partial charge is 0.318 e. The maximum absolute atomic E-state index is 13.6. The second-order valence-electron chi connectivity index (χ2n) is 10.9. The lowest BCUT2D eigenvalue weighted by Gasteiger charge is -2.25. The Balaban J connectivity index is 0.00000616. The quantitative estimate of drug-likeness (QED) is 0.262. The van der Waals surface area contributed by atoms with E-state index in [-0.39, 0.29) is 64.3 Å². The molecule has 2 aromatic rings. The summed E-state index contributed by atoms with van der Waals surface area (Å²) in [5.41, 5.74) is 1.51. The van der Waals surface area contributed by atoms with E-state index in [2.05, 4.69) is 5.32 Å². The van der Waals surface area contributed by atoms with Gasteiger partial charge in [-0.2, -0.15) is 4.31 Å². The van der Waals surface area contributed by atoms with Gasteiger partial charge in [0.05, 0.1) is 25.0 Å². The Labute approximate surface area is 256 Å². The SMILES string of the molecule is Br.CCOc1cc2c(cc1C(=O)NC)C(=N)N(CC(=O)c1cc(CN(CC(=O)O)S(C)(=O)=O)c(O)c(C(C)(C)C)c1)C2. The van der Waals surface area contributed by atoms with Crippen molar-refractivity contribution in [3.63, 3.8) is 0 Å². The van der Waals surface area contributed by atoms with E-state index in [9.17, 15) is 33.0 Å². The normalized spacial score (nSPS) is 13.0. The molecule has 0 atom stereocenters. The third-order valence-electron chi connectivity index (χ3n) is 6.69. The average Bonchev–Trinajstić information content (AvgIpc) is 3.16. The molecule has 0 radical (unpaired) electrons. The predicted octanol–water partition coefficient (Wildman–Crippen LogP) is 2.90. The summed E-state index contributed by atoms with van der Waals surface area (Å²) in [6.45, 7) is 6.35. The molecule has 42 heavy (non-hydrogen) atoms. The van der Waals surface area contributed by atoms with Crippen LogP contribution in [0.4, 0.5) is 0 Å². The number of amidine groups is 1. The van der Waals surface area contributed by atoms with Gasteiger partial charge in [0.2, 0.25) is 10.0 Å². The van der Waals surface area contributed by atoms with Crippen LogP contribution in [0.2, 0.25) is 0 Å². The van der Waals surface area contributed by atoms with E-state index in [0.29, 0.717) is 27.8 Å². The molecule has 0 unspecified atom stereocenters. The number of phenols is 1. The number of nitrogens with one attached hydrogen (secondary N) is 2. The van der Waals surface area contributed by atoms with E-state index >= 15 is 0 Å². The minimum atomic E-state index is -3.95. The van der Waals surface area contributed by atoms with Crippen molar-refractivity contribution in [2.24, 2.45) is 0 Å². The van der Waals surface area contributed by atoms with Gasteiger partial charge in [0, 0.05) is 42.4 Å². The Morgan fingerprint density at radius 3 is 2.33 bits per heavy atom. The Morgan fingerprint density at radius 2 is 1.81 bits per heavy atom. The number of hydrogen-bond donors (Lipinski definition) is 4. The van der Waals surface area contributed by atoms with Crippen molar-refractivity contribution < 1.29 is 37.8 Å². The molecule has 0 aliphatic carbocycles. The Bertz CT molecular complexity index is 1520. The lowest BCUT2D eigenvalue weighted by atomic mass is 9.83. The molecule has 12 nitrogen and oxygen atoms in total. The first-order valence-corrected chi connectivity index (χ1v) is 14.7. The number of benzene rings is 2. The number of ether oxygens (including phenoxy) is 1. The van der Waals surface area contributed by atoms with Crippen molar-refractivity contribution in [2.45, 2.75) is 46.2 Å². The molecule has 4 N–H and O–H groups in total. The minimum absolute atomic E-state index is 0. The van der Waals surface area contributed by atoms with Crippen LogP contribution in [-0.4, -0.2) is 84.3 Å². The van der Waals surface area contributed by atoms with Gasteiger partial charge in [0.15, 0.2) is 5.78 Å². The standard InChI is InChI=1S/C28H36N4O8S.BrH/c1-7-40-23-10-17-12-31(26(29)19(17)11-20(23)27(37)30-5)14-22(33)16-8-18(25(36)21(9-16)28(2,3)4)13-32(15-24(34)35)41(6,38)39;/h8-11,29,36H,7,12-15H2,1-6H3,(H,30,37)(H,34,35);1H. The van der Waals surface area contributed by atoms with Crippen molar-refractivity contribution in [3.8, 4) is 11.5 Å². The number of sulfonamides is 1. The monoisotopic (exact) mass is 668 g/mol. The summed E-state index contributed by atoms with van der Waals surface area (Å²) in [6, 6.07) is 6.16. The van der Waals surface area contributed by atoms with Gasteiger partial charge in [-0.3, -0.25) is 19.8 Å². The van der Waals surface area contributed by atoms with Gasteiger partial charge in [-0.05, 0) is 42.2 Å². The molecule has 0 fully saturated rings. The second kappa shape index (κ2) is 13.2. The average molecular weight is 670 g/mol. The van der Waals surface area contributed by atoms with Gasteiger partial charge in [0.1, 0.15) is 23.9 Å². The van der Waals surface area contributed by atoms with Crippen molar-refractivity contribution >= 4 is 50.5 Å². The number of ketones is 1. The molecule has 2 aromatic carbocycles. The summed E-state index contributed by atoms with van der Waals surface area (Å²) < 4.78 is 30.9. The molecule has 1 amide bonds. The summed E-state index contributed by atoms with van der Waals surface area (Å²) in [7, 11) is -2.45. The van der Waals surface area contributed by atoms with Crippen LogP contribution in [-0.2, 0) is 33.3 Å². The molecule has 1 aliphatic heterocycles. The van der Waals surface area contributed by atoms with Crippen LogP contribution in [0, 0.1) is 5.41 Å². The molecular weight excluding hydrogens is 632 g/mol. The highest BCUT2D eigenvalue weighted by atomic mass is 79.9.